The van der Waals surface area contributed by atoms with Crippen LogP contribution in [0.4, 0.5) is 0 Å². The molecule has 2 heteroatoms. The molecule has 1 atom stereocenters. The number of hydrogen-bond acceptors (Lipinski definition) is 2. The first-order valence-corrected chi connectivity index (χ1v) is 7.82. The summed E-state index contributed by atoms with van der Waals surface area (Å²) in [6, 6.07) is 21.6. The second-order valence-electron chi connectivity index (χ2n) is 4.94. The summed E-state index contributed by atoms with van der Waals surface area (Å²) >= 11 is 1.96. The van der Waals surface area contributed by atoms with Crippen LogP contribution in [0, 0.1) is 0 Å². The van der Waals surface area contributed by atoms with Gasteiger partial charge in [-0.1, -0.05) is 48.5 Å². The minimum atomic E-state index is 0.450. The maximum Gasteiger partial charge on any atom is 0.0861 e. The van der Waals surface area contributed by atoms with Crippen LogP contribution in [0.25, 0.3) is 0 Å². The van der Waals surface area contributed by atoms with Crippen LogP contribution in [-0.4, -0.2) is 18.0 Å². The first-order chi connectivity index (χ1) is 9.43. The predicted molar refractivity (Wildman–Crippen MR) is 82.3 cm³/mol. The van der Waals surface area contributed by atoms with Crippen molar-refractivity contribution < 1.29 is 0 Å². The summed E-state index contributed by atoms with van der Waals surface area (Å²) < 4.78 is 0. The Morgan fingerprint density at radius 2 is 1.37 bits per heavy atom. The zero-order chi connectivity index (χ0) is 12.9. The van der Waals surface area contributed by atoms with Gasteiger partial charge in [0, 0.05) is 4.90 Å². The summed E-state index contributed by atoms with van der Waals surface area (Å²) in [7, 11) is 0. The van der Waals surface area contributed by atoms with Gasteiger partial charge in [-0.05, 0) is 43.6 Å². The molecule has 1 unspecified atom stereocenters. The Kier molecular flexibility index (Phi) is 4.21. The van der Waals surface area contributed by atoms with E-state index in [9.17, 15) is 0 Å². The smallest absolute Gasteiger partial charge is 0.0861 e. The van der Waals surface area contributed by atoms with E-state index in [1.807, 2.05) is 11.8 Å². The Labute approximate surface area is 119 Å². The first kappa shape index (κ1) is 12.8. The minimum Gasteiger partial charge on any atom is -0.287 e. The summed E-state index contributed by atoms with van der Waals surface area (Å²) in [5, 5.41) is 0.450. The van der Waals surface area contributed by atoms with Gasteiger partial charge in [-0.3, -0.25) is 4.90 Å². The largest absolute Gasteiger partial charge is 0.287 e. The molecule has 2 aromatic rings. The quantitative estimate of drug-likeness (QED) is 0.748. The van der Waals surface area contributed by atoms with Crippen molar-refractivity contribution in [2.75, 3.05) is 13.1 Å². The molecule has 1 aliphatic heterocycles. The molecule has 1 saturated heterocycles. The highest BCUT2D eigenvalue weighted by atomic mass is 32.2. The van der Waals surface area contributed by atoms with Crippen LogP contribution in [-0.2, 0) is 0 Å². The molecule has 0 radical (unpaired) electrons. The Morgan fingerprint density at radius 1 is 0.789 bits per heavy atom. The number of hydrogen-bond donors (Lipinski definition) is 0. The number of rotatable bonds is 4. The average Bonchev–Trinajstić information content (AvgIpc) is 3.01. The molecule has 2 aromatic carbocycles. The standard InChI is InChI=1S/C17H19NS/c1-3-9-15(10-4-1)17(18-13-7-8-14-18)19-16-11-5-2-6-12-16/h1-6,9-12,17H,7-8,13-14H2. The summed E-state index contributed by atoms with van der Waals surface area (Å²) in [5.74, 6) is 0. The van der Waals surface area contributed by atoms with E-state index in [0.29, 0.717) is 5.37 Å². The van der Waals surface area contributed by atoms with Crippen LogP contribution < -0.4 is 0 Å². The third-order valence-electron chi connectivity index (χ3n) is 3.55. The molecule has 1 heterocycles. The zero-order valence-electron chi connectivity index (χ0n) is 11.0. The van der Waals surface area contributed by atoms with Gasteiger partial charge in [0.1, 0.15) is 0 Å². The van der Waals surface area contributed by atoms with E-state index in [0.717, 1.165) is 0 Å². The molecule has 19 heavy (non-hydrogen) atoms. The number of thioether (sulfide) groups is 1. The highest BCUT2D eigenvalue weighted by Gasteiger charge is 2.24. The van der Waals surface area contributed by atoms with E-state index in [2.05, 4.69) is 65.6 Å². The van der Waals surface area contributed by atoms with Crippen LogP contribution in [0.1, 0.15) is 23.8 Å². The van der Waals surface area contributed by atoms with Gasteiger partial charge >= 0.3 is 0 Å². The molecular weight excluding hydrogens is 250 g/mol. The number of benzene rings is 2. The molecule has 0 bridgehead atoms. The van der Waals surface area contributed by atoms with Gasteiger partial charge in [-0.2, -0.15) is 0 Å². The lowest BCUT2D eigenvalue weighted by Crippen LogP contribution is -2.23. The lowest BCUT2D eigenvalue weighted by Gasteiger charge is -2.27. The second kappa shape index (κ2) is 6.27. The predicted octanol–water partition coefficient (Wildman–Crippen LogP) is 4.57. The van der Waals surface area contributed by atoms with Crippen molar-refractivity contribution >= 4 is 11.8 Å². The fraction of sp³-hybridized carbons (Fsp3) is 0.294. The molecule has 98 valence electrons. The molecule has 1 fully saturated rings. The first-order valence-electron chi connectivity index (χ1n) is 6.94. The molecular formula is C17H19NS. The van der Waals surface area contributed by atoms with Crippen molar-refractivity contribution in [2.45, 2.75) is 23.1 Å². The molecule has 0 spiro atoms. The van der Waals surface area contributed by atoms with Crippen molar-refractivity contribution in [2.24, 2.45) is 0 Å². The van der Waals surface area contributed by atoms with E-state index in [1.54, 1.807) is 0 Å². The van der Waals surface area contributed by atoms with Gasteiger partial charge in [-0.15, -0.1) is 11.8 Å². The van der Waals surface area contributed by atoms with Gasteiger partial charge in [0.25, 0.3) is 0 Å². The molecule has 1 aliphatic rings. The highest BCUT2D eigenvalue weighted by Crippen LogP contribution is 2.39. The molecule has 0 aromatic heterocycles. The van der Waals surface area contributed by atoms with E-state index >= 15 is 0 Å². The SMILES string of the molecule is c1ccc(SC(c2ccccc2)N2CCCC2)cc1. The lowest BCUT2D eigenvalue weighted by molar-refractivity contribution is 0.322. The van der Waals surface area contributed by atoms with Crippen LogP contribution >= 0.6 is 11.8 Å². The van der Waals surface area contributed by atoms with Crippen LogP contribution in [0.2, 0.25) is 0 Å². The van der Waals surface area contributed by atoms with E-state index in [4.69, 9.17) is 0 Å². The van der Waals surface area contributed by atoms with Gasteiger partial charge in [0.2, 0.25) is 0 Å². The molecule has 3 rings (SSSR count). The monoisotopic (exact) mass is 269 g/mol. The highest BCUT2D eigenvalue weighted by molar-refractivity contribution is 7.99. The van der Waals surface area contributed by atoms with E-state index in [1.165, 1.54) is 36.4 Å². The van der Waals surface area contributed by atoms with Crippen LogP contribution in [0.15, 0.2) is 65.6 Å². The van der Waals surface area contributed by atoms with Gasteiger partial charge in [0.15, 0.2) is 0 Å². The van der Waals surface area contributed by atoms with E-state index in [-0.39, 0.29) is 0 Å². The van der Waals surface area contributed by atoms with Gasteiger partial charge in [-0.25, -0.2) is 0 Å². The van der Waals surface area contributed by atoms with Gasteiger partial charge in [0.05, 0.1) is 5.37 Å². The van der Waals surface area contributed by atoms with Gasteiger partial charge < -0.3 is 0 Å². The Bertz CT molecular complexity index is 491. The van der Waals surface area contributed by atoms with E-state index < -0.39 is 0 Å². The normalized spacial score (nSPS) is 17.5. The summed E-state index contributed by atoms with van der Waals surface area (Å²) in [5.41, 5.74) is 1.42. The van der Waals surface area contributed by atoms with Crippen molar-refractivity contribution in [3.8, 4) is 0 Å². The van der Waals surface area contributed by atoms with Crippen molar-refractivity contribution in [1.82, 2.24) is 4.90 Å². The minimum absolute atomic E-state index is 0.450. The Hall–Kier alpha value is -1.25. The third kappa shape index (κ3) is 3.20. The van der Waals surface area contributed by atoms with Crippen molar-refractivity contribution in [3.63, 3.8) is 0 Å². The maximum absolute atomic E-state index is 2.60. The molecule has 0 N–H and O–H groups in total. The Morgan fingerprint density at radius 3 is 2.00 bits per heavy atom. The van der Waals surface area contributed by atoms with Crippen molar-refractivity contribution in [1.29, 1.82) is 0 Å². The summed E-state index contributed by atoms with van der Waals surface area (Å²) in [4.78, 5) is 3.95. The fourth-order valence-corrected chi connectivity index (χ4v) is 3.80. The third-order valence-corrected chi connectivity index (χ3v) is 4.89. The van der Waals surface area contributed by atoms with Crippen LogP contribution in [0.5, 0.6) is 0 Å². The number of nitrogens with zero attached hydrogens (tertiary/aromatic N) is 1. The molecule has 0 aliphatic carbocycles. The van der Waals surface area contributed by atoms with Crippen LogP contribution in [0.3, 0.4) is 0 Å². The maximum atomic E-state index is 2.60. The second-order valence-corrected chi connectivity index (χ2v) is 6.09. The molecule has 0 amide bonds. The lowest BCUT2D eigenvalue weighted by atomic mass is 10.2. The molecule has 0 saturated carbocycles. The Balaban J connectivity index is 1.84. The number of likely N-dealkylation sites (tertiary alicyclic amines) is 1. The fourth-order valence-electron chi connectivity index (χ4n) is 2.58. The summed E-state index contributed by atoms with van der Waals surface area (Å²) in [6.07, 6.45) is 2.66. The topological polar surface area (TPSA) is 3.24 Å². The zero-order valence-corrected chi connectivity index (χ0v) is 11.9. The average molecular weight is 269 g/mol. The summed E-state index contributed by atoms with van der Waals surface area (Å²) in [6.45, 7) is 2.44. The van der Waals surface area contributed by atoms with Crippen molar-refractivity contribution in [3.05, 3.63) is 66.2 Å². The molecule has 1 nitrogen and oxygen atoms in total.